The highest BCUT2D eigenvalue weighted by Crippen LogP contribution is 2.25. The van der Waals surface area contributed by atoms with Crippen LogP contribution in [0.25, 0.3) is 0 Å². The molecule has 3 aromatic rings. The molecule has 120 valence electrons. The maximum atomic E-state index is 12.1. The van der Waals surface area contributed by atoms with Gasteiger partial charge in [-0.25, -0.2) is 9.97 Å². The largest absolute Gasteiger partial charge is 0.324 e. The molecule has 1 N–H and O–H groups in total. The molecular formula is C17H14N4O2S. The Balaban J connectivity index is 1.67. The van der Waals surface area contributed by atoms with Crippen molar-refractivity contribution in [2.45, 2.75) is 16.6 Å². The van der Waals surface area contributed by atoms with Gasteiger partial charge >= 0.3 is 0 Å². The molecule has 0 radical (unpaired) electrons. The second-order valence-electron chi connectivity index (χ2n) is 4.87. The van der Waals surface area contributed by atoms with Gasteiger partial charge in [-0.05, 0) is 30.3 Å². The molecule has 0 aliphatic heterocycles. The van der Waals surface area contributed by atoms with Crippen LogP contribution in [0, 0.1) is 0 Å². The van der Waals surface area contributed by atoms with Gasteiger partial charge in [-0.2, -0.15) is 0 Å². The maximum Gasteiger partial charge on any atom is 0.250 e. The van der Waals surface area contributed by atoms with E-state index < -0.39 is 0 Å². The number of carbonyl (C=O) groups is 1. The molecule has 0 fully saturated rings. The first-order valence-electron chi connectivity index (χ1n) is 7.21. The Bertz CT molecular complexity index is 896. The van der Waals surface area contributed by atoms with Crippen LogP contribution in [0.5, 0.6) is 0 Å². The molecule has 0 aliphatic rings. The van der Waals surface area contributed by atoms with Crippen LogP contribution in [-0.4, -0.2) is 20.4 Å². The minimum absolute atomic E-state index is 0.0370. The molecular weight excluding hydrogens is 324 g/mol. The minimum Gasteiger partial charge on any atom is -0.324 e. The summed E-state index contributed by atoms with van der Waals surface area (Å²) in [6.07, 6.45) is 4.91. The number of carbonyl (C=O) groups excluding carboxylic acids is 1. The maximum absolute atomic E-state index is 12.1. The molecule has 0 aliphatic carbocycles. The SMILES string of the molecule is O=C(Cn1ccccc1=O)Nc1ccnc(Sc2ccccn2)c1. The van der Waals surface area contributed by atoms with Crippen LogP contribution >= 0.6 is 11.8 Å². The first-order chi connectivity index (χ1) is 11.7. The molecule has 24 heavy (non-hydrogen) atoms. The van der Waals surface area contributed by atoms with E-state index in [1.165, 1.54) is 22.4 Å². The molecule has 0 atom stereocenters. The van der Waals surface area contributed by atoms with Gasteiger partial charge in [0.1, 0.15) is 16.6 Å². The van der Waals surface area contributed by atoms with Crippen LogP contribution in [0.15, 0.2) is 82.0 Å². The molecule has 0 saturated carbocycles. The number of nitrogens with zero attached hydrogens (tertiary/aromatic N) is 3. The van der Waals surface area contributed by atoms with Crippen LogP contribution in [0.2, 0.25) is 0 Å². The Kier molecular flexibility index (Phi) is 5.02. The topological polar surface area (TPSA) is 76.9 Å². The van der Waals surface area contributed by atoms with E-state index in [-0.39, 0.29) is 18.0 Å². The molecule has 3 rings (SSSR count). The zero-order valence-electron chi connectivity index (χ0n) is 12.6. The summed E-state index contributed by atoms with van der Waals surface area (Å²) in [7, 11) is 0. The Morgan fingerprint density at radius 2 is 1.88 bits per heavy atom. The molecule has 3 aromatic heterocycles. The highest BCUT2D eigenvalue weighted by Gasteiger charge is 2.06. The smallest absolute Gasteiger partial charge is 0.250 e. The number of anilines is 1. The summed E-state index contributed by atoms with van der Waals surface area (Å²) in [4.78, 5) is 32.2. The number of hydrogen-bond acceptors (Lipinski definition) is 5. The van der Waals surface area contributed by atoms with Gasteiger partial charge in [-0.3, -0.25) is 9.59 Å². The third-order valence-electron chi connectivity index (χ3n) is 3.08. The summed E-state index contributed by atoms with van der Waals surface area (Å²) in [6, 6.07) is 13.9. The number of hydrogen-bond donors (Lipinski definition) is 1. The van der Waals surface area contributed by atoms with Crippen LogP contribution in [0.1, 0.15) is 0 Å². The van der Waals surface area contributed by atoms with Crippen molar-refractivity contribution in [2.24, 2.45) is 0 Å². The van der Waals surface area contributed by atoms with E-state index in [0.717, 1.165) is 10.1 Å². The normalized spacial score (nSPS) is 10.3. The van der Waals surface area contributed by atoms with E-state index in [0.29, 0.717) is 5.69 Å². The number of aromatic nitrogens is 3. The summed E-state index contributed by atoms with van der Waals surface area (Å²) in [5.74, 6) is -0.275. The number of rotatable bonds is 5. The standard InChI is InChI=1S/C17H14N4O2S/c22-14(12-21-10-4-2-6-17(21)23)20-13-7-9-19-16(11-13)24-15-5-1-3-8-18-15/h1-11H,12H2,(H,19,20,22). The minimum atomic E-state index is -0.275. The average molecular weight is 338 g/mol. The summed E-state index contributed by atoms with van der Waals surface area (Å²) < 4.78 is 1.35. The summed E-state index contributed by atoms with van der Waals surface area (Å²) in [5, 5.41) is 4.32. The number of pyridine rings is 3. The number of nitrogens with one attached hydrogen (secondary N) is 1. The van der Waals surface area contributed by atoms with Crippen molar-refractivity contribution in [3.63, 3.8) is 0 Å². The quantitative estimate of drug-likeness (QED) is 0.773. The fourth-order valence-corrected chi connectivity index (χ4v) is 2.78. The lowest BCUT2D eigenvalue weighted by atomic mass is 10.4. The van der Waals surface area contributed by atoms with Crippen LogP contribution in [-0.2, 0) is 11.3 Å². The highest BCUT2D eigenvalue weighted by atomic mass is 32.2. The van der Waals surface area contributed by atoms with Crippen molar-refractivity contribution in [3.8, 4) is 0 Å². The van der Waals surface area contributed by atoms with E-state index in [2.05, 4.69) is 15.3 Å². The second-order valence-corrected chi connectivity index (χ2v) is 5.91. The van der Waals surface area contributed by atoms with Gasteiger partial charge in [-0.15, -0.1) is 0 Å². The van der Waals surface area contributed by atoms with Crippen molar-refractivity contribution in [3.05, 3.63) is 77.5 Å². The first kappa shape index (κ1) is 15.9. The van der Waals surface area contributed by atoms with E-state index >= 15 is 0 Å². The monoisotopic (exact) mass is 338 g/mol. The van der Waals surface area contributed by atoms with Gasteiger partial charge in [-0.1, -0.05) is 23.9 Å². The van der Waals surface area contributed by atoms with Gasteiger partial charge in [0.15, 0.2) is 0 Å². The molecule has 1 amide bonds. The zero-order chi connectivity index (χ0) is 16.8. The zero-order valence-corrected chi connectivity index (χ0v) is 13.4. The Morgan fingerprint density at radius 3 is 2.67 bits per heavy atom. The van der Waals surface area contributed by atoms with Crippen molar-refractivity contribution < 1.29 is 4.79 Å². The molecule has 0 unspecified atom stereocenters. The Labute approximate surface area is 142 Å². The molecule has 3 heterocycles. The van der Waals surface area contributed by atoms with Crippen LogP contribution in [0.3, 0.4) is 0 Å². The lowest BCUT2D eigenvalue weighted by Crippen LogP contribution is -2.26. The van der Waals surface area contributed by atoms with Crippen LogP contribution in [0.4, 0.5) is 5.69 Å². The van der Waals surface area contributed by atoms with E-state index in [9.17, 15) is 9.59 Å². The van der Waals surface area contributed by atoms with Gasteiger partial charge in [0.05, 0.1) is 0 Å². The molecule has 0 aromatic carbocycles. The molecule has 0 saturated heterocycles. The molecule has 7 heteroatoms. The number of amides is 1. The van der Waals surface area contributed by atoms with Crippen molar-refractivity contribution in [2.75, 3.05) is 5.32 Å². The van der Waals surface area contributed by atoms with Crippen molar-refractivity contribution in [1.29, 1.82) is 0 Å². The van der Waals surface area contributed by atoms with Gasteiger partial charge in [0, 0.05) is 30.3 Å². The predicted molar refractivity (Wildman–Crippen MR) is 91.9 cm³/mol. The van der Waals surface area contributed by atoms with E-state index in [4.69, 9.17) is 0 Å². The van der Waals surface area contributed by atoms with Crippen molar-refractivity contribution >= 4 is 23.4 Å². The van der Waals surface area contributed by atoms with E-state index in [1.54, 1.807) is 42.9 Å². The Morgan fingerprint density at radius 1 is 1.04 bits per heavy atom. The first-order valence-corrected chi connectivity index (χ1v) is 8.02. The average Bonchev–Trinajstić information content (AvgIpc) is 2.58. The fraction of sp³-hybridized carbons (Fsp3) is 0.0588. The molecule has 6 nitrogen and oxygen atoms in total. The van der Waals surface area contributed by atoms with E-state index in [1.807, 2.05) is 18.2 Å². The third-order valence-corrected chi connectivity index (χ3v) is 3.96. The van der Waals surface area contributed by atoms with Crippen molar-refractivity contribution in [1.82, 2.24) is 14.5 Å². The highest BCUT2D eigenvalue weighted by molar-refractivity contribution is 7.99. The van der Waals surface area contributed by atoms with Gasteiger partial charge < -0.3 is 9.88 Å². The predicted octanol–water partition coefficient (Wildman–Crippen LogP) is 2.43. The summed E-state index contributed by atoms with van der Waals surface area (Å²) in [5.41, 5.74) is 0.409. The molecule has 0 spiro atoms. The second kappa shape index (κ2) is 7.56. The van der Waals surface area contributed by atoms with Gasteiger partial charge in [0.2, 0.25) is 5.91 Å². The Hall–Kier alpha value is -2.93. The lowest BCUT2D eigenvalue weighted by molar-refractivity contribution is -0.116. The lowest BCUT2D eigenvalue weighted by Gasteiger charge is -2.08. The molecule has 0 bridgehead atoms. The fourth-order valence-electron chi connectivity index (χ4n) is 2.00. The van der Waals surface area contributed by atoms with Crippen LogP contribution < -0.4 is 10.9 Å². The summed E-state index contributed by atoms with van der Waals surface area (Å²) >= 11 is 1.41. The third kappa shape index (κ3) is 4.30. The van der Waals surface area contributed by atoms with Gasteiger partial charge in [0.25, 0.3) is 5.56 Å². The summed E-state index contributed by atoms with van der Waals surface area (Å²) in [6.45, 7) is -0.0370.